The van der Waals surface area contributed by atoms with Crippen LogP contribution >= 0.6 is 0 Å². The molecule has 1 atom stereocenters. The molecule has 1 aromatic carbocycles. The summed E-state index contributed by atoms with van der Waals surface area (Å²) >= 11 is 0. The summed E-state index contributed by atoms with van der Waals surface area (Å²) in [7, 11) is 0. The summed E-state index contributed by atoms with van der Waals surface area (Å²) in [6.07, 6.45) is -9.73. The molecule has 0 aliphatic carbocycles. The molecule has 1 rings (SSSR count). The molecule has 1 unspecified atom stereocenters. The number of nitrogens with two attached hydrogens (primary N) is 1. The first-order valence-corrected chi connectivity index (χ1v) is 4.89. The molecule has 0 aromatic heterocycles. The van der Waals surface area contributed by atoms with Crippen molar-refractivity contribution in [1.29, 1.82) is 0 Å². The van der Waals surface area contributed by atoms with Gasteiger partial charge in [0.25, 0.3) is 0 Å². The lowest BCUT2D eigenvalue weighted by Crippen LogP contribution is -2.23. The number of hydrogen-bond donors (Lipinski definition) is 1. The van der Waals surface area contributed by atoms with E-state index in [-0.39, 0.29) is 5.56 Å². The van der Waals surface area contributed by atoms with Crippen molar-refractivity contribution in [3.05, 3.63) is 29.8 Å². The van der Waals surface area contributed by atoms with Crippen LogP contribution in [0.15, 0.2) is 24.3 Å². The van der Waals surface area contributed by atoms with Crippen molar-refractivity contribution in [3.63, 3.8) is 0 Å². The van der Waals surface area contributed by atoms with Gasteiger partial charge in [0.05, 0.1) is 12.6 Å². The molecule has 0 fully saturated rings. The van der Waals surface area contributed by atoms with E-state index in [4.69, 9.17) is 5.73 Å². The Balaban J connectivity index is 2.70. The number of hydrogen-bond acceptors (Lipinski definition) is 3. The Morgan fingerprint density at radius 1 is 1.05 bits per heavy atom. The summed E-state index contributed by atoms with van der Waals surface area (Å²) in [4.78, 5) is 0. The van der Waals surface area contributed by atoms with Gasteiger partial charge in [-0.1, -0.05) is 12.1 Å². The van der Waals surface area contributed by atoms with E-state index in [1.54, 1.807) is 0 Å². The standard InChI is InChI=1S/C10H9F6NO2/c11-9(12,13)18-5-8(17)6-2-1-3-7(4-6)19-10(14,15)16/h1-4,8H,5,17H2. The predicted octanol–water partition coefficient (Wildman–Crippen LogP) is 3.12. The monoisotopic (exact) mass is 289 g/mol. The third-order valence-electron chi connectivity index (χ3n) is 1.95. The van der Waals surface area contributed by atoms with Crippen LogP contribution in [-0.4, -0.2) is 19.3 Å². The van der Waals surface area contributed by atoms with E-state index in [9.17, 15) is 26.3 Å². The van der Waals surface area contributed by atoms with Crippen LogP contribution in [-0.2, 0) is 4.74 Å². The lowest BCUT2D eigenvalue weighted by atomic mass is 10.1. The van der Waals surface area contributed by atoms with Gasteiger partial charge < -0.3 is 10.5 Å². The van der Waals surface area contributed by atoms with Crippen LogP contribution in [0.2, 0.25) is 0 Å². The first-order chi connectivity index (χ1) is 8.57. The van der Waals surface area contributed by atoms with Crippen LogP contribution in [0, 0.1) is 0 Å². The minimum atomic E-state index is -4.88. The maximum Gasteiger partial charge on any atom is 0.573 e. The van der Waals surface area contributed by atoms with Crippen LogP contribution in [0.25, 0.3) is 0 Å². The fraction of sp³-hybridized carbons (Fsp3) is 0.400. The van der Waals surface area contributed by atoms with Gasteiger partial charge in [-0.05, 0) is 17.7 Å². The number of rotatable bonds is 4. The molecule has 19 heavy (non-hydrogen) atoms. The average molecular weight is 289 g/mol. The molecule has 2 N–H and O–H groups in total. The molecule has 0 spiro atoms. The highest BCUT2D eigenvalue weighted by atomic mass is 19.4. The van der Waals surface area contributed by atoms with Crippen molar-refractivity contribution in [1.82, 2.24) is 0 Å². The minimum Gasteiger partial charge on any atom is -0.406 e. The van der Waals surface area contributed by atoms with E-state index in [1.165, 1.54) is 12.1 Å². The molecule has 0 saturated carbocycles. The molecule has 0 aliphatic heterocycles. The van der Waals surface area contributed by atoms with Gasteiger partial charge in [0.1, 0.15) is 5.75 Å². The Hall–Kier alpha value is -1.48. The zero-order valence-corrected chi connectivity index (χ0v) is 9.26. The Bertz CT molecular complexity index is 417. The van der Waals surface area contributed by atoms with E-state index in [0.717, 1.165) is 12.1 Å². The number of benzene rings is 1. The van der Waals surface area contributed by atoms with Gasteiger partial charge in [-0.25, -0.2) is 0 Å². The molecule has 3 nitrogen and oxygen atoms in total. The summed E-state index contributed by atoms with van der Waals surface area (Å²) in [5, 5.41) is 0. The number of alkyl halides is 6. The molecule has 9 heteroatoms. The average Bonchev–Trinajstić information content (AvgIpc) is 2.23. The van der Waals surface area contributed by atoms with Gasteiger partial charge in [-0.15, -0.1) is 26.3 Å². The third kappa shape index (κ3) is 6.30. The minimum absolute atomic E-state index is 0.0333. The normalized spacial score (nSPS) is 14.3. The van der Waals surface area contributed by atoms with E-state index in [1.807, 2.05) is 0 Å². The van der Waals surface area contributed by atoms with Crippen molar-refractivity contribution >= 4 is 0 Å². The maximum atomic E-state index is 12.0. The molecule has 0 bridgehead atoms. The number of halogens is 6. The molecule has 1 aromatic rings. The highest BCUT2D eigenvalue weighted by Gasteiger charge is 2.32. The second-order valence-electron chi connectivity index (χ2n) is 3.48. The zero-order chi connectivity index (χ0) is 14.7. The van der Waals surface area contributed by atoms with E-state index < -0.39 is 31.1 Å². The van der Waals surface area contributed by atoms with Crippen LogP contribution in [0.3, 0.4) is 0 Å². The molecular weight excluding hydrogens is 280 g/mol. The maximum absolute atomic E-state index is 12.0. The van der Waals surface area contributed by atoms with Crippen LogP contribution in [0.5, 0.6) is 5.75 Å². The fourth-order valence-corrected chi connectivity index (χ4v) is 1.22. The lowest BCUT2D eigenvalue weighted by Gasteiger charge is -2.15. The highest BCUT2D eigenvalue weighted by Crippen LogP contribution is 2.26. The van der Waals surface area contributed by atoms with Crippen molar-refractivity contribution in [2.75, 3.05) is 6.61 Å². The molecule has 0 saturated heterocycles. The highest BCUT2D eigenvalue weighted by molar-refractivity contribution is 5.30. The second-order valence-corrected chi connectivity index (χ2v) is 3.48. The van der Waals surface area contributed by atoms with Crippen LogP contribution < -0.4 is 10.5 Å². The summed E-state index contributed by atoms with van der Waals surface area (Å²) in [5.41, 5.74) is 5.41. The number of ether oxygens (including phenoxy) is 2. The first-order valence-electron chi connectivity index (χ1n) is 4.89. The van der Waals surface area contributed by atoms with Gasteiger partial charge in [0.2, 0.25) is 0 Å². The third-order valence-corrected chi connectivity index (χ3v) is 1.95. The molecule has 0 radical (unpaired) electrons. The summed E-state index contributed by atoms with van der Waals surface area (Å²) < 4.78 is 78.3. The van der Waals surface area contributed by atoms with Crippen molar-refractivity contribution in [2.45, 2.75) is 18.8 Å². The summed E-state index contributed by atoms with van der Waals surface area (Å²) in [6.45, 7) is -0.904. The molecule has 0 aliphatic rings. The molecular formula is C10H9F6NO2. The quantitative estimate of drug-likeness (QED) is 0.866. The molecule has 0 amide bonds. The summed E-state index contributed by atoms with van der Waals surface area (Å²) in [6, 6.07) is 3.14. The molecule has 0 heterocycles. The Morgan fingerprint density at radius 3 is 2.21 bits per heavy atom. The lowest BCUT2D eigenvalue weighted by molar-refractivity contribution is -0.326. The van der Waals surface area contributed by atoms with Gasteiger partial charge in [0.15, 0.2) is 0 Å². The smallest absolute Gasteiger partial charge is 0.406 e. The Kier molecular flexibility index (Phi) is 4.64. The largest absolute Gasteiger partial charge is 0.573 e. The SMILES string of the molecule is NC(COC(F)(F)F)c1cccc(OC(F)(F)F)c1. The van der Waals surface area contributed by atoms with E-state index >= 15 is 0 Å². The second kappa shape index (κ2) is 5.66. The predicted molar refractivity (Wildman–Crippen MR) is 52.1 cm³/mol. The van der Waals surface area contributed by atoms with Gasteiger partial charge in [-0.2, -0.15) is 0 Å². The molecule has 108 valence electrons. The zero-order valence-electron chi connectivity index (χ0n) is 9.26. The van der Waals surface area contributed by atoms with Gasteiger partial charge in [-0.3, -0.25) is 4.74 Å². The topological polar surface area (TPSA) is 44.5 Å². The fourth-order valence-electron chi connectivity index (χ4n) is 1.22. The Labute approximate surface area is 103 Å². The van der Waals surface area contributed by atoms with Crippen LogP contribution in [0.4, 0.5) is 26.3 Å². The van der Waals surface area contributed by atoms with Crippen LogP contribution in [0.1, 0.15) is 11.6 Å². The van der Waals surface area contributed by atoms with Gasteiger partial charge in [0, 0.05) is 0 Å². The Morgan fingerprint density at radius 2 is 1.68 bits per heavy atom. The first kappa shape index (κ1) is 15.6. The van der Waals surface area contributed by atoms with Crippen molar-refractivity contribution < 1.29 is 35.8 Å². The van der Waals surface area contributed by atoms with Crippen molar-refractivity contribution in [3.8, 4) is 5.75 Å². The van der Waals surface area contributed by atoms with E-state index in [2.05, 4.69) is 9.47 Å². The van der Waals surface area contributed by atoms with Crippen molar-refractivity contribution in [2.24, 2.45) is 5.73 Å². The van der Waals surface area contributed by atoms with E-state index in [0.29, 0.717) is 0 Å². The van der Waals surface area contributed by atoms with Gasteiger partial charge >= 0.3 is 12.7 Å². The summed E-state index contributed by atoms with van der Waals surface area (Å²) in [5.74, 6) is -0.563.